The second-order valence-electron chi connectivity index (χ2n) is 4.33. The Morgan fingerprint density at radius 1 is 1.11 bits per heavy atom. The standard InChI is InChI=1S/C16H18FNO/c1-2-10-19-16-9-4-3-8-15(16)18-12-13-6-5-7-14(17)11-13/h3-9,11,18H,2,10,12H2,1H3. The van der Waals surface area contributed by atoms with E-state index in [0.717, 1.165) is 23.4 Å². The lowest BCUT2D eigenvalue weighted by Crippen LogP contribution is -2.03. The summed E-state index contributed by atoms with van der Waals surface area (Å²) in [6.45, 7) is 3.34. The van der Waals surface area contributed by atoms with Gasteiger partial charge in [0.1, 0.15) is 11.6 Å². The van der Waals surface area contributed by atoms with Crippen LogP contribution in [0, 0.1) is 5.82 Å². The van der Waals surface area contributed by atoms with Gasteiger partial charge in [-0.2, -0.15) is 0 Å². The van der Waals surface area contributed by atoms with Crippen LogP contribution in [0.3, 0.4) is 0 Å². The molecule has 2 rings (SSSR count). The van der Waals surface area contributed by atoms with Gasteiger partial charge < -0.3 is 10.1 Å². The van der Waals surface area contributed by atoms with Gasteiger partial charge in [-0.1, -0.05) is 31.2 Å². The van der Waals surface area contributed by atoms with Crippen LogP contribution in [0.5, 0.6) is 5.75 Å². The molecule has 3 heteroatoms. The molecule has 0 spiro atoms. The van der Waals surface area contributed by atoms with Gasteiger partial charge in [0.15, 0.2) is 0 Å². The third-order valence-electron chi connectivity index (χ3n) is 2.72. The maximum absolute atomic E-state index is 13.1. The lowest BCUT2D eigenvalue weighted by Gasteiger charge is -2.12. The lowest BCUT2D eigenvalue weighted by molar-refractivity contribution is 0.319. The van der Waals surface area contributed by atoms with Gasteiger partial charge in [-0.15, -0.1) is 0 Å². The highest BCUT2D eigenvalue weighted by atomic mass is 19.1. The first-order valence-electron chi connectivity index (χ1n) is 6.49. The number of nitrogens with one attached hydrogen (secondary N) is 1. The van der Waals surface area contributed by atoms with Crippen LogP contribution in [0.15, 0.2) is 48.5 Å². The van der Waals surface area contributed by atoms with Gasteiger partial charge in [0.05, 0.1) is 12.3 Å². The summed E-state index contributed by atoms with van der Waals surface area (Å²) >= 11 is 0. The molecule has 2 aromatic rings. The average Bonchev–Trinajstić information content (AvgIpc) is 2.44. The molecule has 2 aromatic carbocycles. The molecule has 2 nitrogen and oxygen atoms in total. The largest absolute Gasteiger partial charge is 0.491 e. The van der Waals surface area contributed by atoms with Gasteiger partial charge >= 0.3 is 0 Å². The van der Waals surface area contributed by atoms with Crippen LogP contribution < -0.4 is 10.1 Å². The number of anilines is 1. The van der Waals surface area contributed by atoms with Crippen LogP contribution >= 0.6 is 0 Å². The van der Waals surface area contributed by atoms with Crippen LogP contribution in [-0.2, 0) is 6.54 Å². The second kappa shape index (κ2) is 6.78. The number of halogens is 1. The molecule has 19 heavy (non-hydrogen) atoms. The third kappa shape index (κ3) is 3.98. The highest BCUT2D eigenvalue weighted by Crippen LogP contribution is 2.24. The molecule has 0 unspecified atom stereocenters. The van der Waals surface area contributed by atoms with Crippen molar-refractivity contribution in [2.24, 2.45) is 0 Å². The van der Waals surface area contributed by atoms with Crippen LogP contribution in [-0.4, -0.2) is 6.61 Å². The Kier molecular flexibility index (Phi) is 4.78. The minimum Gasteiger partial charge on any atom is -0.491 e. The Labute approximate surface area is 113 Å². The first-order chi connectivity index (χ1) is 9.29. The minimum atomic E-state index is -0.213. The molecular formula is C16H18FNO. The Morgan fingerprint density at radius 3 is 2.74 bits per heavy atom. The number of benzene rings is 2. The lowest BCUT2D eigenvalue weighted by atomic mass is 10.2. The summed E-state index contributed by atoms with van der Waals surface area (Å²) in [5.41, 5.74) is 1.84. The van der Waals surface area contributed by atoms with Crippen molar-refractivity contribution >= 4 is 5.69 Å². The van der Waals surface area contributed by atoms with Gasteiger partial charge in [0.2, 0.25) is 0 Å². The van der Waals surface area contributed by atoms with Crippen molar-refractivity contribution in [3.63, 3.8) is 0 Å². The molecule has 0 radical (unpaired) electrons. The summed E-state index contributed by atoms with van der Waals surface area (Å²) in [5, 5.41) is 3.27. The molecule has 0 aliphatic heterocycles. The van der Waals surface area contributed by atoms with Gasteiger partial charge in [-0.3, -0.25) is 0 Å². The normalized spacial score (nSPS) is 10.2. The molecule has 0 atom stereocenters. The van der Waals surface area contributed by atoms with Crippen molar-refractivity contribution in [1.82, 2.24) is 0 Å². The Bertz CT molecular complexity index is 528. The van der Waals surface area contributed by atoms with E-state index in [9.17, 15) is 4.39 Å². The summed E-state index contributed by atoms with van der Waals surface area (Å²) in [6.07, 6.45) is 0.970. The predicted molar refractivity (Wildman–Crippen MR) is 76.0 cm³/mol. The highest BCUT2D eigenvalue weighted by Gasteiger charge is 2.02. The number of ether oxygens (including phenoxy) is 1. The Hall–Kier alpha value is -2.03. The molecule has 0 saturated carbocycles. The number of hydrogen-bond acceptors (Lipinski definition) is 2. The fraction of sp³-hybridized carbons (Fsp3) is 0.250. The summed E-state index contributed by atoms with van der Waals surface area (Å²) < 4.78 is 18.7. The molecule has 0 amide bonds. The summed E-state index contributed by atoms with van der Waals surface area (Å²) in [5.74, 6) is 0.621. The van der Waals surface area contributed by atoms with E-state index < -0.39 is 0 Å². The quantitative estimate of drug-likeness (QED) is 0.838. The van der Waals surface area contributed by atoms with E-state index in [1.165, 1.54) is 12.1 Å². The van der Waals surface area contributed by atoms with Crippen molar-refractivity contribution in [3.8, 4) is 5.75 Å². The fourth-order valence-corrected chi connectivity index (χ4v) is 1.79. The van der Waals surface area contributed by atoms with E-state index in [2.05, 4.69) is 12.2 Å². The maximum atomic E-state index is 13.1. The zero-order chi connectivity index (χ0) is 13.5. The maximum Gasteiger partial charge on any atom is 0.142 e. The Morgan fingerprint density at radius 2 is 1.95 bits per heavy atom. The highest BCUT2D eigenvalue weighted by molar-refractivity contribution is 5.56. The zero-order valence-corrected chi connectivity index (χ0v) is 11.0. The Balaban J connectivity index is 2.02. The molecule has 0 bridgehead atoms. The minimum absolute atomic E-state index is 0.213. The molecule has 0 aliphatic carbocycles. The van der Waals surface area contributed by atoms with Gasteiger partial charge in [0.25, 0.3) is 0 Å². The fourth-order valence-electron chi connectivity index (χ4n) is 1.79. The number of hydrogen-bond donors (Lipinski definition) is 1. The molecule has 100 valence electrons. The van der Waals surface area contributed by atoms with Crippen LogP contribution in [0.1, 0.15) is 18.9 Å². The molecule has 1 N–H and O–H groups in total. The van der Waals surface area contributed by atoms with Crippen molar-refractivity contribution in [1.29, 1.82) is 0 Å². The monoisotopic (exact) mass is 259 g/mol. The molecule has 0 heterocycles. The third-order valence-corrected chi connectivity index (χ3v) is 2.72. The van der Waals surface area contributed by atoms with Crippen LogP contribution in [0.2, 0.25) is 0 Å². The van der Waals surface area contributed by atoms with Crippen LogP contribution in [0.25, 0.3) is 0 Å². The topological polar surface area (TPSA) is 21.3 Å². The van der Waals surface area contributed by atoms with E-state index in [1.807, 2.05) is 30.3 Å². The smallest absolute Gasteiger partial charge is 0.142 e. The SMILES string of the molecule is CCCOc1ccccc1NCc1cccc(F)c1. The van der Waals surface area contributed by atoms with E-state index in [0.29, 0.717) is 13.2 Å². The second-order valence-corrected chi connectivity index (χ2v) is 4.33. The average molecular weight is 259 g/mol. The summed E-state index contributed by atoms with van der Waals surface area (Å²) in [7, 11) is 0. The van der Waals surface area contributed by atoms with E-state index in [-0.39, 0.29) is 5.82 Å². The van der Waals surface area contributed by atoms with Crippen molar-refractivity contribution < 1.29 is 9.13 Å². The molecule has 0 aromatic heterocycles. The van der Waals surface area contributed by atoms with Gasteiger partial charge in [0, 0.05) is 6.54 Å². The number of para-hydroxylation sites is 2. The van der Waals surface area contributed by atoms with Crippen molar-refractivity contribution in [2.75, 3.05) is 11.9 Å². The van der Waals surface area contributed by atoms with Gasteiger partial charge in [-0.05, 0) is 36.2 Å². The van der Waals surface area contributed by atoms with E-state index in [4.69, 9.17) is 4.74 Å². The van der Waals surface area contributed by atoms with Crippen molar-refractivity contribution in [3.05, 3.63) is 59.9 Å². The first-order valence-corrected chi connectivity index (χ1v) is 6.49. The molecule has 0 saturated heterocycles. The molecule has 0 fully saturated rings. The van der Waals surface area contributed by atoms with Gasteiger partial charge in [-0.25, -0.2) is 4.39 Å². The van der Waals surface area contributed by atoms with E-state index in [1.54, 1.807) is 6.07 Å². The summed E-state index contributed by atoms with van der Waals surface area (Å²) in [6, 6.07) is 14.4. The molecule has 0 aliphatic rings. The first kappa shape index (κ1) is 13.4. The molecular weight excluding hydrogens is 241 g/mol. The van der Waals surface area contributed by atoms with Crippen molar-refractivity contribution in [2.45, 2.75) is 19.9 Å². The predicted octanol–water partition coefficient (Wildman–Crippen LogP) is 4.23. The van der Waals surface area contributed by atoms with E-state index >= 15 is 0 Å². The zero-order valence-electron chi connectivity index (χ0n) is 11.0. The number of rotatable bonds is 6. The van der Waals surface area contributed by atoms with Crippen LogP contribution in [0.4, 0.5) is 10.1 Å². The summed E-state index contributed by atoms with van der Waals surface area (Å²) in [4.78, 5) is 0.